The number of fused-ring (bicyclic) bond motifs is 1. The van der Waals surface area contributed by atoms with E-state index in [1.165, 1.54) is 17.3 Å². The third kappa shape index (κ3) is 4.40. The van der Waals surface area contributed by atoms with Crippen molar-refractivity contribution in [2.24, 2.45) is 0 Å². The van der Waals surface area contributed by atoms with Crippen LogP contribution in [0.25, 0.3) is 11.0 Å². The molecule has 4 rings (SSSR count). The first-order valence-corrected chi connectivity index (χ1v) is 11.3. The van der Waals surface area contributed by atoms with Crippen LogP contribution in [0.2, 0.25) is 0 Å². The summed E-state index contributed by atoms with van der Waals surface area (Å²) in [5.74, 6) is 0.443. The first kappa shape index (κ1) is 19.4. The molecular weight excluding hydrogens is 500 g/mol. The normalized spacial score (nSPS) is 11.1. The highest BCUT2D eigenvalue weighted by atomic mass is 79.9. The minimum atomic E-state index is 0.0944. The van der Waals surface area contributed by atoms with Crippen LogP contribution in [0.15, 0.2) is 86.9 Å². The Morgan fingerprint density at radius 1 is 0.929 bits per heavy atom. The average Bonchev–Trinajstić information content (AvgIpc) is 3.04. The van der Waals surface area contributed by atoms with E-state index in [4.69, 9.17) is 4.98 Å². The van der Waals surface area contributed by atoms with Gasteiger partial charge in [-0.2, -0.15) is 0 Å². The summed E-state index contributed by atoms with van der Waals surface area (Å²) in [5, 5.41) is 0.849. The molecule has 0 spiro atoms. The molecule has 3 nitrogen and oxygen atoms in total. The third-order valence-corrected chi connectivity index (χ3v) is 6.36. The molecule has 1 aromatic heterocycles. The summed E-state index contributed by atoms with van der Waals surface area (Å²) in [6.45, 7) is 0.716. The molecule has 0 bridgehead atoms. The fourth-order valence-corrected chi connectivity index (χ4v) is 4.48. The molecule has 0 radical (unpaired) electrons. The van der Waals surface area contributed by atoms with Gasteiger partial charge in [0.15, 0.2) is 10.9 Å². The molecule has 0 atom stereocenters. The van der Waals surface area contributed by atoms with Crippen molar-refractivity contribution in [3.8, 4) is 0 Å². The largest absolute Gasteiger partial charge is 0.314 e. The summed E-state index contributed by atoms with van der Waals surface area (Å²) in [6, 6.07) is 23.9. The molecule has 28 heavy (non-hydrogen) atoms. The quantitative estimate of drug-likeness (QED) is 0.215. The van der Waals surface area contributed by atoms with Crippen LogP contribution in [0, 0.1) is 0 Å². The topological polar surface area (TPSA) is 34.9 Å². The monoisotopic (exact) mass is 514 g/mol. The second kappa shape index (κ2) is 8.64. The van der Waals surface area contributed by atoms with E-state index < -0.39 is 0 Å². The zero-order valence-electron chi connectivity index (χ0n) is 14.8. The van der Waals surface area contributed by atoms with E-state index >= 15 is 0 Å². The van der Waals surface area contributed by atoms with Gasteiger partial charge in [0.25, 0.3) is 0 Å². The predicted molar refractivity (Wildman–Crippen MR) is 122 cm³/mol. The summed E-state index contributed by atoms with van der Waals surface area (Å²) < 4.78 is 4.13. The Morgan fingerprint density at radius 3 is 2.39 bits per heavy atom. The summed E-state index contributed by atoms with van der Waals surface area (Å²) in [5.41, 5.74) is 3.89. The van der Waals surface area contributed by atoms with Gasteiger partial charge in [-0.3, -0.25) is 4.79 Å². The van der Waals surface area contributed by atoms with Gasteiger partial charge in [-0.05, 0) is 35.9 Å². The van der Waals surface area contributed by atoms with E-state index in [2.05, 4.69) is 54.6 Å². The second-order valence-corrected chi connectivity index (χ2v) is 9.09. The standard InChI is InChI=1S/C22H16Br2N2OS/c23-17-8-6-16(7-9-17)21(27)14-28-22-25-19-12-18(24)10-11-20(19)26(22)13-15-4-2-1-3-5-15/h1-12H,13-14H2. The number of ketones is 1. The molecule has 0 unspecified atom stereocenters. The first-order valence-electron chi connectivity index (χ1n) is 8.71. The smallest absolute Gasteiger partial charge is 0.173 e. The van der Waals surface area contributed by atoms with Gasteiger partial charge in [0, 0.05) is 14.5 Å². The fourth-order valence-electron chi connectivity index (χ4n) is 2.96. The third-order valence-electron chi connectivity index (χ3n) is 4.36. The van der Waals surface area contributed by atoms with Crippen LogP contribution >= 0.6 is 43.6 Å². The number of Topliss-reactive ketones (excluding diaryl/α,β-unsaturated/α-hetero) is 1. The molecule has 0 amide bonds. The number of rotatable bonds is 6. The molecule has 4 aromatic rings. The Bertz CT molecular complexity index is 1120. The fraction of sp³-hybridized carbons (Fsp3) is 0.0909. The minimum absolute atomic E-state index is 0.0944. The van der Waals surface area contributed by atoms with Crippen molar-refractivity contribution in [2.45, 2.75) is 11.7 Å². The van der Waals surface area contributed by atoms with Crippen LogP contribution in [-0.4, -0.2) is 21.1 Å². The second-order valence-electron chi connectivity index (χ2n) is 6.32. The van der Waals surface area contributed by atoms with Crippen molar-refractivity contribution in [1.82, 2.24) is 9.55 Å². The van der Waals surface area contributed by atoms with E-state index in [1.807, 2.05) is 54.6 Å². The summed E-state index contributed by atoms with van der Waals surface area (Å²) >= 11 is 8.40. The van der Waals surface area contributed by atoms with Gasteiger partial charge in [0.05, 0.1) is 23.3 Å². The maximum atomic E-state index is 12.6. The summed E-state index contributed by atoms with van der Waals surface area (Å²) in [7, 11) is 0. The van der Waals surface area contributed by atoms with E-state index in [0.29, 0.717) is 17.9 Å². The molecule has 0 saturated carbocycles. The molecule has 3 aromatic carbocycles. The molecule has 0 fully saturated rings. The molecule has 0 N–H and O–H groups in total. The number of hydrogen-bond acceptors (Lipinski definition) is 3. The van der Waals surface area contributed by atoms with Crippen molar-refractivity contribution in [3.63, 3.8) is 0 Å². The van der Waals surface area contributed by atoms with Gasteiger partial charge in [-0.1, -0.05) is 86.1 Å². The zero-order chi connectivity index (χ0) is 19.5. The Labute approximate surface area is 184 Å². The lowest BCUT2D eigenvalue weighted by Crippen LogP contribution is -2.05. The van der Waals surface area contributed by atoms with Crippen molar-refractivity contribution in [2.75, 3.05) is 5.75 Å². The number of hydrogen-bond donors (Lipinski definition) is 0. The van der Waals surface area contributed by atoms with Crippen molar-refractivity contribution in [1.29, 1.82) is 0 Å². The lowest BCUT2D eigenvalue weighted by Gasteiger charge is -2.09. The minimum Gasteiger partial charge on any atom is -0.314 e. The van der Waals surface area contributed by atoms with Crippen molar-refractivity contribution >= 4 is 60.4 Å². The lowest BCUT2D eigenvalue weighted by molar-refractivity contribution is 0.102. The van der Waals surface area contributed by atoms with Crippen LogP contribution < -0.4 is 0 Å². The van der Waals surface area contributed by atoms with Gasteiger partial charge >= 0.3 is 0 Å². The molecule has 0 aliphatic rings. The molecule has 0 saturated heterocycles. The summed E-state index contributed by atoms with van der Waals surface area (Å²) in [4.78, 5) is 17.4. The molecule has 0 aliphatic carbocycles. The highest BCUT2D eigenvalue weighted by molar-refractivity contribution is 9.10. The van der Waals surface area contributed by atoms with Crippen LogP contribution in [0.5, 0.6) is 0 Å². The number of thioether (sulfide) groups is 1. The lowest BCUT2D eigenvalue weighted by atomic mass is 10.2. The van der Waals surface area contributed by atoms with Gasteiger partial charge < -0.3 is 4.57 Å². The van der Waals surface area contributed by atoms with Gasteiger partial charge in [-0.25, -0.2) is 4.98 Å². The van der Waals surface area contributed by atoms with Crippen LogP contribution in [-0.2, 0) is 6.54 Å². The number of nitrogens with zero attached hydrogens (tertiary/aromatic N) is 2. The maximum Gasteiger partial charge on any atom is 0.173 e. The molecule has 1 heterocycles. The SMILES string of the molecule is O=C(CSc1nc2cc(Br)ccc2n1Cc1ccccc1)c1ccc(Br)cc1. The van der Waals surface area contributed by atoms with Gasteiger partial charge in [-0.15, -0.1) is 0 Å². The van der Waals surface area contributed by atoms with Gasteiger partial charge in [0.2, 0.25) is 0 Å². The van der Waals surface area contributed by atoms with Crippen LogP contribution in [0.3, 0.4) is 0 Å². The van der Waals surface area contributed by atoms with E-state index in [0.717, 1.165) is 25.1 Å². The van der Waals surface area contributed by atoms with Crippen LogP contribution in [0.1, 0.15) is 15.9 Å². The Balaban J connectivity index is 1.62. The molecule has 140 valence electrons. The van der Waals surface area contributed by atoms with E-state index in [1.54, 1.807) is 0 Å². The number of aromatic nitrogens is 2. The number of carbonyl (C=O) groups is 1. The molecular formula is C22H16Br2N2OS. The number of benzene rings is 3. The Kier molecular flexibility index (Phi) is 5.99. The highest BCUT2D eigenvalue weighted by Crippen LogP contribution is 2.28. The number of halogens is 2. The molecule has 0 aliphatic heterocycles. The van der Waals surface area contributed by atoms with Gasteiger partial charge in [0.1, 0.15) is 0 Å². The van der Waals surface area contributed by atoms with E-state index in [-0.39, 0.29) is 5.78 Å². The first-order chi connectivity index (χ1) is 13.6. The van der Waals surface area contributed by atoms with Crippen LogP contribution in [0.4, 0.5) is 0 Å². The zero-order valence-corrected chi connectivity index (χ0v) is 18.8. The predicted octanol–water partition coefficient (Wildman–Crippen LogP) is 6.58. The average molecular weight is 516 g/mol. The molecule has 6 heteroatoms. The Hall–Kier alpha value is -1.89. The number of carbonyl (C=O) groups excluding carboxylic acids is 1. The maximum absolute atomic E-state index is 12.6. The van der Waals surface area contributed by atoms with Crippen molar-refractivity contribution < 1.29 is 4.79 Å². The van der Waals surface area contributed by atoms with Crippen molar-refractivity contribution in [3.05, 3.63) is 92.9 Å². The number of imidazole rings is 1. The highest BCUT2D eigenvalue weighted by Gasteiger charge is 2.15. The summed E-state index contributed by atoms with van der Waals surface area (Å²) in [6.07, 6.45) is 0. The van der Waals surface area contributed by atoms with E-state index in [9.17, 15) is 4.79 Å². The Morgan fingerprint density at radius 2 is 1.64 bits per heavy atom.